The Balaban J connectivity index is 1.91. The van der Waals surface area contributed by atoms with Crippen molar-refractivity contribution >= 4 is 11.6 Å². The molecule has 0 saturated heterocycles. The predicted molar refractivity (Wildman–Crippen MR) is 83.0 cm³/mol. The third-order valence-corrected chi connectivity index (χ3v) is 3.23. The van der Waals surface area contributed by atoms with Gasteiger partial charge in [-0.15, -0.1) is 0 Å². The number of anilines is 1. The zero-order valence-corrected chi connectivity index (χ0v) is 11.7. The smallest absolute Gasteiger partial charge is 0.258 e. The van der Waals surface area contributed by atoms with Crippen LogP contribution in [0.25, 0.3) is 11.1 Å². The van der Waals surface area contributed by atoms with E-state index < -0.39 is 0 Å². The third kappa shape index (κ3) is 2.84. The van der Waals surface area contributed by atoms with Crippen LogP contribution < -0.4 is 5.32 Å². The van der Waals surface area contributed by atoms with Crippen molar-refractivity contribution in [2.45, 2.75) is 0 Å². The highest BCUT2D eigenvalue weighted by Crippen LogP contribution is 2.27. The van der Waals surface area contributed by atoms with E-state index in [-0.39, 0.29) is 5.91 Å². The second-order valence-corrected chi connectivity index (χ2v) is 4.77. The molecule has 3 aromatic rings. The maximum Gasteiger partial charge on any atom is 0.258 e. The third-order valence-electron chi connectivity index (χ3n) is 3.23. The summed E-state index contributed by atoms with van der Waals surface area (Å²) in [6, 6.07) is 17.7. The second-order valence-electron chi connectivity index (χ2n) is 4.77. The van der Waals surface area contributed by atoms with Gasteiger partial charge >= 0.3 is 0 Å². The minimum absolute atomic E-state index is 0.161. The highest BCUT2D eigenvalue weighted by molar-refractivity contribution is 6.06. The summed E-state index contributed by atoms with van der Waals surface area (Å²) >= 11 is 0. The monoisotopic (exact) mass is 277 g/mol. The lowest BCUT2D eigenvalue weighted by Gasteiger charge is -2.10. The first-order valence-corrected chi connectivity index (χ1v) is 6.68. The van der Waals surface area contributed by atoms with Crippen molar-refractivity contribution in [1.29, 1.82) is 0 Å². The molecule has 1 heterocycles. The number of aromatic nitrogens is 2. The summed E-state index contributed by atoms with van der Waals surface area (Å²) in [7, 11) is 1.79. The topological polar surface area (TPSA) is 46.9 Å². The number of nitrogens with zero attached hydrogens (tertiary/aromatic N) is 2. The van der Waals surface area contributed by atoms with Crippen molar-refractivity contribution in [3.8, 4) is 11.1 Å². The van der Waals surface area contributed by atoms with Crippen molar-refractivity contribution in [3.63, 3.8) is 0 Å². The maximum atomic E-state index is 12.2. The van der Waals surface area contributed by atoms with Gasteiger partial charge in [-0.2, -0.15) is 5.10 Å². The number of para-hydroxylation sites is 1. The highest BCUT2D eigenvalue weighted by Gasteiger charge is 2.11. The number of nitrogens with one attached hydrogen (secondary N) is 1. The van der Waals surface area contributed by atoms with Gasteiger partial charge < -0.3 is 5.32 Å². The first-order chi connectivity index (χ1) is 10.2. The number of carbonyl (C=O) groups is 1. The lowest BCUT2D eigenvalue weighted by molar-refractivity contribution is 0.102. The van der Waals surface area contributed by atoms with Gasteiger partial charge in [0.2, 0.25) is 0 Å². The van der Waals surface area contributed by atoms with Crippen molar-refractivity contribution in [1.82, 2.24) is 9.78 Å². The largest absolute Gasteiger partial charge is 0.321 e. The molecule has 1 N–H and O–H groups in total. The molecule has 0 spiro atoms. The number of hydrogen-bond donors (Lipinski definition) is 1. The number of carbonyl (C=O) groups excluding carboxylic acids is 1. The number of hydrogen-bond acceptors (Lipinski definition) is 2. The molecule has 21 heavy (non-hydrogen) atoms. The van der Waals surface area contributed by atoms with Crippen LogP contribution in [0.4, 0.5) is 5.69 Å². The summed E-state index contributed by atoms with van der Waals surface area (Å²) < 4.78 is 1.61. The Labute approximate surface area is 123 Å². The van der Waals surface area contributed by atoms with Crippen LogP contribution >= 0.6 is 0 Å². The second kappa shape index (κ2) is 5.63. The Morgan fingerprint density at radius 1 is 1.05 bits per heavy atom. The Morgan fingerprint density at radius 2 is 1.76 bits per heavy atom. The minimum atomic E-state index is -0.161. The van der Waals surface area contributed by atoms with Crippen LogP contribution in [0.3, 0.4) is 0 Å². The standard InChI is InChI=1S/C17H15N3O/c1-20-12-14(11-18-20)17(21)19-16-10-6-5-9-15(16)13-7-3-2-4-8-13/h2-12H,1H3,(H,19,21). The Morgan fingerprint density at radius 3 is 2.48 bits per heavy atom. The van der Waals surface area contributed by atoms with Crippen LogP contribution in [-0.2, 0) is 7.05 Å². The van der Waals surface area contributed by atoms with Gasteiger partial charge in [-0.05, 0) is 11.6 Å². The Kier molecular flexibility index (Phi) is 3.51. The summed E-state index contributed by atoms with van der Waals surface area (Å²) in [5.41, 5.74) is 3.40. The van der Waals surface area contributed by atoms with Crippen molar-refractivity contribution in [2.24, 2.45) is 7.05 Å². The molecule has 3 rings (SSSR count). The summed E-state index contributed by atoms with van der Waals surface area (Å²) in [5, 5.41) is 6.96. The molecule has 0 fully saturated rings. The molecule has 0 saturated carbocycles. The van der Waals surface area contributed by atoms with Gasteiger partial charge in [-0.25, -0.2) is 0 Å². The van der Waals surface area contributed by atoms with E-state index >= 15 is 0 Å². The summed E-state index contributed by atoms with van der Waals surface area (Å²) in [6.07, 6.45) is 3.25. The van der Waals surface area contributed by atoms with E-state index in [9.17, 15) is 4.79 Å². The zero-order valence-electron chi connectivity index (χ0n) is 11.7. The zero-order chi connectivity index (χ0) is 14.7. The molecular formula is C17H15N3O. The summed E-state index contributed by atoms with van der Waals surface area (Å²) in [6.45, 7) is 0. The van der Waals surface area contributed by atoms with Crippen LogP contribution in [-0.4, -0.2) is 15.7 Å². The van der Waals surface area contributed by atoms with Gasteiger partial charge in [0.15, 0.2) is 0 Å². The number of aryl methyl sites for hydroxylation is 1. The van der Waals surface area contributed by atoms with E-state index in [1.165, 1.54) is 0 Å². The maximum absolute atomic E-state index is 12.2. The fourth-order valence-electron chi connectivity index (χ4n) is 2.19. The van der Waals surface area contributed by atoms with Crippen molar-refractivity contribution in [3.05, 3.63) is 72.6 Å². The van der Waals surface area contributed by atoms with Crippen LogP contribution in [0, 0.1) is 0 Å². The fourth-order valence-corrected chi connectivity index (χ4v) is 2.19. The van der Waals surface area contributed by atoms with E-state index in [1.54, 1.807) is 24.1 Å². The molecule has 0 atom stereocenters. The number of amides is 1. The first kappa shape index (κ1) is 13.1. The quantitative estimate of drug-likeness (QED) is 0.798. The fraction of sp³-hybridized carbons (Fsp3) is 0.0588. The normalized spacial score (nSPS) is 10.3. The van der Waals surface area contributed by atoms with Gasteiger partial charge in [-0.1, -0.05) is 48.5 Å². The van der Waals surface area contributed by atoms with Gasteiger partial charge in [0.05, 0.1) is 11.8 Å². The van der Waals surface area contributed by atoms with E-state index in [0.29, 0.717) is 5.56 Å². The van der Waals surface area contributed by atoms with Crippen LogP contribution in [0.5, 0.6) is 0 Å². The molecule has 4 nitrogen and oxygen atoms in total. The summed E-state index contributed by atoms with van der Waals surface area (Å²) in [4.78, 5) is 12.2. The average Bonchev–Trinajstić information content (AvgIpc) is 2.95. The Hall–Kier alpha value is -2.88. The highest BCUT2D eigenvalue weighted by atomic mass is 16.1. The molecule has 1 aromatic heterocycles. The molecule has 0 aliphatic rings. The Bertz CT molecular complexity index is 762. The van der Waals surface area contributed by atoms with Crippen LogP contribution in [0.1, 0.15) is 10.4 Å². The SMILES string of the molecule is Cn1cc(C(=O)Nc2ccccc2-c2ccccc2)cn1. The van der Waals surface area contributed by atoms with Gasteiger partial charge in [0.1, 0.15) is 0 Å². The first-order valence-electron chi connectivity index (χ1n) is 6.68. The number of benzene rings is 2. The van der Waals surface area contributed by atoms with E-state index in [2.05, 4.69) is 10.4 Å². The van der Waals surface area contributed by atoms with E-state index in [1.807, 2.05) is 54.6 Å². The minimum Gasteiger partial charge on any atom is -0.321 e. The molecule has 2 aromatic carbocycles. The average molecular weight is 277 g/mol. The molecule has 0 bridgehead atoms. The molecule has 0 radical (unpaired) electrons. The molecule has 104 valence electrons. The van der Waals surface area contributed by atoms with E-state index in [0.717, 1.165) is 16.8 Å². The van der Waals surface area contributed by atoms with Gasteiger partial charge in [0.25, 0.3) is 5.91 Å². The predicted octanol–water partition coefficient (Wildman–Crippen LogP) is 3.34. The molecule has 0 aliphatic carbocycles. The lowest BCUT2D eigenvalue weighted by atomic mass is 10.0. The van der Waals surface area contributed by atoms with E-state index in [4.69, 9.17) is 0 Å². The lowest BCUT2D eigenvalue weighted by Crippen LogP contribution is -2.11. The van der Waals surface area contributed by atoms with Crippen molar-refractivity contribution in [2.75, 3.05) is 5.32 Å². The molecule has 0 aliphatic heterocycles. The summed E-state index contributed by atoms with van der Waals surface area (Å²) in [5.74, 6) is -0.161. The van der Waals surface area contributed by atoms with Crippen molar-refractivity contribution < 1.29 is 4.79 Å². The molecular weight excluding hydrogens is 262 g/mol. The van der Waals surface area contributed by atoms with Gasteiger partial charge in [0, 0.05) is 24.5 Å². The van der Waals surface area contributed by atoms with Crippen LogP contribution in [0.15, 0.2) is 67.0 Å². The molecule has 1 amide bonds. The number of rotatable bonds is 3. The van der Waals surface area contributed by atoms with Gasteiger partial charge in [-0.3, -0.25) is 9.48 Å². The molecule has 0 unspecified atom stereocenters. The van der Waals surface area contributed by atoms with Crippen LogP contribution in [0.2, 0.25) is 0 Å². The molecule has 4 heteroatoms.